The van der Waals surface area contributed by atoms with Crippen molar-refractivity contribution in [3.63, 3.8) is 0 Å². The Hall–Kier alpha value is -1.62. The molecule has 5 nitrogen and oxygen atoms in total. The van der Waals surface area contributed by atoms with Crippen molar-refractivity contribution in [2.45, 2.75) is 18.9 Å². The van der Waals surface area contributed by atoms with E-state index in [1.807, 2.05) is 0 Å². The Labute approximate surface area is 111 Å². The third kappa shape index (κ3) is 2.79. The number of halogens is 1. The number of hydrogen-bond acceptors (Lipinski definition) is 3. The van der Waals surface area contributed by atoms with E-state index in [-0.39, 0.29) is 6.04 Å². The number of para-hydroxylation sites is 1. The van der Waals surface area contributed by atoms with E-state index in [9.17, 15) is 4.79 Å². The minimum atomic E-state index is -0.856. The second kappa shape index (κ2) is 5.35. The lowest BCUT2D eigenvalue weighted by Gasteiger charge is -2.31. The maximum Gasteiger partial charge on any atom is 0.407 e. The number of likely N-dealkylation sites (tertiary alicyclic amines) is 1. The number of rotatable bonds is 2. The number of nitrogens with one attached hydrogen (secondary N) is 1. The summed E-state index contributed by atoms with van der Waals surface area (Å²) in [6.07, 6.45) is 0.666. The smallest absolute Gasteiger partial charge is 0.407 e. The maximum atomic E-state index is 10.8. The van der Waals surface area contributed by atoms with Crippen molar-refractivity contribution in [2.75, 3.05) is 24.1 Å². The molecule has 0 aromatic heterocycles. The molecular formula is C12H16ClN3O2. The van der Waals surface area contributed by atoms with E-state index >= 15 is 0 Å². The maximum absolute atomic E-state index is 10.8. The average Bonchev–Trinajstić information content (AvgIpc) is 2.34. The van der Waals surface area contributed by atoms with Gasteiger partial charge in [0.2, 0.25) is 0 Å². The lowest BCUT2D eigenvalue weighted by atomic mass is 10.0. The van der Waals surface area contributed by atoms with Gasteiger partial charge in [0.1, 0.15) is 0 Å². The van der Waals surface area contributed by atoms with Gasteiger partial charge in [0.25, 0.3) is 0 Å². The van der Waals surface area contributed by atoms with Gasteiger partial charge in [-0.1, -0.05) is 17.7 Å². The molecule has 1 aliphatic heterocycles. The topological polar surface area (TPSA) is 78.6 Å². The van der Waals surface area contributed by atoms with Crippen LogP contribution >= 0.6 is 11.6 Å². The number of nitrogens with zero attached hydrogens (tertiary/aromatic N) is 1. The summed E-state index contributed by atoms with van der Waals surface area (Å²) < 4.78 is 0. The Kier molecular flexibility index (Phi) is 3.81. The Bertz CT molecular complexity index is 425. The quantitative estimate of drug-likeness (QED) is 0.721. The molecule has 0 atom stereocenters. The first kappa shape index (κ1) is 12.8. The molecule has 98 valence electrons. The predicted molar refractivity (Wildman–Crippen MR) is 72.1 cm³/mol. The van der Waals surface area contributed by atoms with E-state index in [4.69, 9.17) is 22.4 Å². The molecule has 1 saturated heterocycles. The van der Waals surface area contributed by atoms with Gasteiger partial charge in [-0.2, -0.15) is 0 Å². The fraction of sp³-hybridized carbons (Fsp3) is 0.417. The van der Waals surface area contributed by atoms with E-state index in [2.05, 4.69) is 5.32 Å². The Morgan fingerprint density at radius 2 is 2.11 bits per heavy atom. The van der Waals surface area contributed by atoms with E-state index in [1.54, 1.807) is 18.2 Å². The van der Waals surface area contributed by atoms with Crippen LogP contribution in [0.2, 0.25) is 5.02 Å². The minimum Gasteiger partial charge on any atom is -0.465 e. The fourth-order valence-electron chi connectivity index (χ4n) is 2.11. The monoisotopic (exact) mass is 269 g/mol. The highest BCUT2D eigenvalue weighted by Crippen LogP contribution is 2.29. The van der Waals surface area contributed by atoms with E-state index in [1.165, 1.54) is 4.90 Å². The molecule has 6 heteroatoms. The van der Waals surface area contributed by atoms with Gasteiger partial charge in [0, 0.05) is 19.1 Å². The van der Waals surface area contributed by atoms with Gasteiger partial charge in [0.05, 0.1) is 16.4 Å². The van der Waals surface area contributed by atoms with Crippen molar-refractivity contribution >= 4 is 29.1 Å². The number of amides is 1. The molecule has 0 spiro atoms. The molecule has 18 heavy (non-hydrogen) atoms. The van der Waals surface area contributed by atoms with Crippen LogP contribution < -0.4 is 11.1 Å². The molecule has 1 aromatic carbocycles. The summed E-state index contributed by atoms with van der Waals surface area (Å²) >= 11 is 6.08. The molecule has 0 unspecified atom stereocenters. The summed E-state index contributed by atoms with van der Waals surface area (Å²) in [7, 11) is 0. The number of carboxylic acid groups (broad SMARTS) is 1. The van der Waals surface area contributed by atoms with Gasteiger partial charge in [-0.3, -0.25) is 0 Å². The van der Waals surface area contributed by atoms with Crippen LogP contribution in [0.5, 0.6) is 0 Å². The van der Waals surface area contributed by atoms with Crippen molar-refractivity contribution < 1.29 is 9.90 Å². The summed E-state index contributed by atoms with van der Waals surface area (Å²) in [5.41, 5.74) is 7.22. The van der Waals surface area contributed by atoms with Gasteiger partial charge >= 0.3 is 6.09 Å². The van der Waals surface area contributed by atoms with Crippen molar-refractivity contribution in [3.05, 3.63) is 23.2 Å². The van der Waals surface area contributed by atoms with Crippen LogP contribution in [-0.4, -0.2) is 35.2 Å². The van der Waals surface area contributed by atoms with E-state index in [0.717, 1.165) is 18.5 Å². The molecule has 2 rings (SSSR count). The number of anilines is 2. The van der Waals surface area contributed by atoms with Crippen LogP contribution in [0.1, 0.15) is 12.8 Å². The van der Waals surface area contributed by atoms with Crippen molar-refractivity contribution in [1.29, 1.82) is 0 Å². The molecule has 4 N–H and O–H groups in total. The van der Waals surface area contributed by atoms with Crippen LogP contribution in [0.25, 0.3) is 0 Å². The van der Waals surface area contributed by atoms with Gasteiger partial charge in [0.15, 0.2) is 0 Å². The second-order valence-electron chi connectivity index (χ2n) is 4.39. The van der Waals surface area contributed by atoms with Crippen molar-refractivity contribution in [1.82, 2.24) is 4.90 Å². The van der Waals surface area contributed by atoms with Crippen LogP contribution in [0.15, 0.2) is 18.2 Å². The molecule has 0 radical (unpaired) electrons. The van der Waals surface area contributed by atoms with Crippen molar-refractivity contribution in [2.24, 2.45) is 0 Å². The highest BCUT2D eigenvalue weighted by Gasteiger charge is 2.22. The molecule has 1 aromatic rings. The molecule has 0 bridgehead atoms. The molecule has 1 aliphatic rings. The summed E-state index contributed by atoms with van der Waals surface area (Å²) in [4.78, 5) is 12.2. The first-order valence-electron chi connectivity index (χ1n) is 5.86. The lowest BCUT2D eigenvalue weighted by Crippen LogP contribution is -2.41. The zero-order valence-corrected chi connectivity index (χ0v) is 10.7. The lowest BCUT2D eigenvalue weighted by molar-refractivity contribution is 0.134. The Morgan fingerprint density at radius 3 is 2.67 bits per heavy atom. The first-order chi connectivity index (χ1) is 8.58. The summed E-state index contributed by atoms with van der Waals surface area (Å²) in [5, 5.41) is 12.8. The van der Waals surface area contributed by atoms with Gasteiger partial charge < -0.3 is 21.1 Å². The number of piperidine rings is 1. The number of nitrogen functional groups attached to an aromatic ring is 1. The minimum absolute atomic E-state index is 0.211. The van der Waals surface area contributed by atoms with Crippen LogP contribution in [-0.2, 0) is 0 Å². The Morgan fingerprint density at radius 1 is 1.44 bits per heavy atom. The van der Waals surface area contributed by atoms with Gasteiger partial charge in [-0.15, -0.1) is 0 Å². The largest absolute Gasteiger partial charge is 0.465 e. The first-order valence-corrected chi connectivity index (χ1v) is 6.24. The zero-order valence-electron chi connectivity index (χ0n) is 9.90. The summed E-state index contributed by atoms with van der Waals surface area (Å²) in [6, 6.07) is 5.59. The summed E-state index contributed by atoms with van der Waals surface area (Å²) in [5.74, 6) is 0. The highest BCUT2D eigenvalue weighted by molar-refractivity contribution is 6.33. The van der Waals surface area contributed by atoms with Crippen molar-refractivity contribution in [3.8, 4) is 0 Å². The third-order valence-electron chi connectivity index (χ3n) is 3.16. The molecule has 1 heterocycles. The van der Waals surface area contributed by atoms with Crippen LogP contribution in [0.4, 0.5) is 16.2 Å². The SMILES string of the molecule is Nc1cccc(Cl)c1NC1CCN(C(=O)O)CC1. The molecule has 0 saturated carbocycles. The molecule has 1 amide bonds. The molecular weight excluding hydrogens is 254 g/mol. The fourth-order valence-corrected chi connectivity index (χ4v) is 2.35. The molecule has 0 aliphatic carbocycles. The average molecular weight is 270 g/mol. The second-order valence-corrected chi connectivity index (χ2v) is 4.80. The zero-order chi connectivity index (χ0) is 13.1. The summed E-state index contributed by atoms with van der Waals surface area (Å²) in [6.45, 7) is 1.08. The Balaban J connectivity index is 1.98. The highest BCUT2D eigenvalue weighted by atomic mass is 35.5. The van der Waals surface area contributed by atoms with Gasteiger partial charge in [-0.05, 0) is 25.0 Å². The number of carbonyl (C=O) groups is 1. The number of nitrogens with two attached hydrogens (primary N) is 1. The van der Waals surface area contributed by atoms with E-state index in [0.29, 0.717) is 23.8 Å². The third-order valence-corrected chi connectivity index (χ3v) is 3.47. The van der Waals surface area contributed by atoms with Gasteiger partial charge in [-0.25, -0.2) is 4.79 Å². The van der Waals surface area contributed by atoms with Crippen LogP contribution in [0, 0.1) is 0 Å². The number of benzene rings is 1. The standard InChI is InChI=1S/C12H16ClN3O2/c13-9-2-1-3-10(14)11(9)15-8-4-6-16(7-5-8)12(17)18/h1-3,8,15H,4-7,14H2,(H,17,18). The number of hydrogen-bond donors (Lipinski definition) is 3. The van der Waals surface area contributed by atoms with Crippen LogP contribution in [0.3, 0.4) is 0 Å². The molecule has 1 fully saturated rings. The van der Waals surface area contributed by atoms with E-state index < -0.39 is 6.09 Å². The predicted octanol–water partition coefficient (Wildman–Crippen LogP) is 2.48. The normalized spacial score (nSPS) is 16.6.